The monoisotopic (exact) mass is 344 g/mol. The average molecular weight is 344 g/mol. The van der Waals surface area contributed by atoms with Crippen LogP contribution in [-0.4, -0.2) is 40.8 Å². The molecule has 0 saturated carbocycles. The minimum atomic E-state index is -0.509. The van der Waals surface area contributed by atoms with Gasteiger partial charge in [-0.15, -0.1) is 0 Å². The predicted octanol–water partition coefficient (Wildman–Crippen LogP) is 2.27. The van der Waals surface area contributed by atoms with Crippen LogP contribution in [0.5, 0.6) is 0 Å². The predicted molar refractivity (Wildman–Crippen MR) is 96.9 cm³/mol. The molecule has 0 bridgehead atoms. The maximum atomic E-state index is 12.0. The number of alkyl carbamates (subject to hydrolysis) is 1. The second-order valence-electron chi connectivity index (χ2n) is 7.59. The highest BCUT2D eigenvalue weighted by molar-refractivity contribution is 5.78. The lowest BCUT2D eigenvalue weighted by molar-refractivity contribution is 0.0499. The first-order chi connectivity index (χ1) is 11.7. The van der Waals surface area contributed by atoms with Gasteiger partial charge in [0, 0.05) is 24.5 Å². The van der Waals surface area contributed by atoms with E-state index in [-0.39, 0.29) is 17.7 Å². The fraction of sp³-hybridized carbons (Fsp3) is 0.500. The second-order valence-corrected chi connectivity index (χ2v) is 7.59. The van der Waals surface area contributed by atoms with Gasteiger partial charge >= 0.3 is 6.09 Å². The summed E-state index contributed by atoms with van der Waals surface area (Å²) < 4.78 is 5.34. The number of carbonyl (C=O) groups is 1. The first-order valence-corrected chi connectivity index (χ1v) is 8.45. The van der Waals surface area contributed by atoms with Gasteiger partial charge in [0.25, 0.3) is 0 Å². The van der Waals surface area contributed by atoms with E-state index in [4.69, 9.17) is 4.74 Å². The Morgan fingerprint density at radius 3 is 2.84 bits per heavy atom. The lowest BCUT2D eigenvalue weighted by atomic mass is 10.1. The van der Waals surface area contributed by atoms with Crippen molar-refractivity contribution >= 4 is 22.8 Å². The molecule has 3 rings (SSSR count). The van der Waals surface area contributed by atoms with Gasteiger partial charge in [0.15, 0.2) is 0 Å². The van der Waals surface area contributed by atoms with E-state index in [0.717, 1.165) is 17.6 Å². The molecule has 25 heavy (non-hydrogen) atoms. The molecule has 0 aromatic carbocycles. The molecular formula is C18H24N4O3. The van der Waals surface area contributed by atoms with Gasteiger partial charge in [-0.1, -0.05) is 6.92 Å². The third-order valence-electron chi connectivity index (χ3n) is 4.24. The van der Waals surface area contributed by atoms with Crippen LogP contribution in [0.25, 0.3) is 11.0 Å². The fourth-order valence-electron chi connectivity index (χ4n) is 3.02. The first-order valence-electron chi connectivity index (χ1n) is 8.45. The summed E-state index contributed by atoms with van der Waals surface area (Å²) in [6.45, 7) is 9.16. The molecule has 0 spiro atoms. The molecule has 1 fully saturated rings. The van der Waals surface area contributed by atoms with Crippen molar-refractivity contribution in [2.75, 3.05) is 18.0 Å². The largest absolute Gasteiger partial charge is 0.444 e. The molecule has 2 aromatic rings. The number of ether oxygens (including phenoxy) is 1. The number of rotatable bonds is 2. The number of aromatic nitrogens is 2. The number of fused-ring (bicyclic) bond motifs is 1. The summed E-state index contributed by atoms with van der Waals surface area (Å²) in [5.41, 5.74) is 0.876. The van der Waals surface area contributed by atoms with E-state index in [0.29, 0.717) is 18.1 Å². The van der Waals surface area contributed by atoms with Gasteiger partial charge in [0.1, 0.15) is 11.2 Å². The van der Waals surface area contributed by atoms with Gasteiger partial charge in [0.05, 0.1) is 17.9 Å². The minimum absolute atomic E-state index is 0.0149. The third-order valence-corrected chi connectivity index (χ3v) is 4.24. The fourth-order valence-corrected chi connectivity index (χ4v) is 3.02. The Hall–Kier alpha value is -2.57. The Morgan fingerprint density at radius 2 is 2.12 bits per heavy atom. The molecule has 1 saturated heterocycles. The first kappa shape index (κ1) is 17.3. The van der Waals surface area contributed by atoms with Crippen LogP contribution < -0.4 is 15.8 Å². The lowest BCUT2D eigenvalue weighted by Gasteiger charge is -2.23. The smallest absolute Gasteiger partial charge is 0.407 e. The van der Waals surface area contributed by atoms with E-state index in [1.807, 2.05) is 26.8 Å². The summed E-state index contributed by atoms with van der Waals surface area (Å²) in [5, 5.41) is 3.84. The van der Waals surface area contributed by atoms with E-state index in [9.17, 15) is 9.59 Å². The quantitative estimate of drug-likeness (QED) is 0.873. The van der Waals surface area contributed by atoms with Crippen molar-refractivity contribution in [2.45, 2.75) is 39.3 Å². The van der Waals surface area contributed by atoms with Crippen LogP contribution >= 0.6 is 0 Å². The molecule has 1 aliphatic rings. The SMILES string of the molecule is C[C@H]1CN(c2cnc3[nH]c(=O)ccc3c2)C[C@@H]1NC(=O)OC(C)(C)C. The van der Waals surface area contributed by atoms with E-state index in [1.165, 1.54) is 6.07 Å². The maximum Gasteiger partial charge on any atom is 0.407 e. The number of aromatic amines is 1. The molecule has 7 heteroatoms. The molecule has 7 nitrogen and oxygen atoms in total. The molecule has 0 unspecified atom stereocenters. The van der Waals surface area contributed by atoms with E-state index < -0.39 is 5.60 Å². The molecule has 1 amide bonds. The number of H-pyrrole nitrogens is 1. The summed E-state index contributed by atoms with van der Waals surface area (Å²) in [4.78, 5) is 32.6. The Bertz CT molecular complexity index is 840. The molecule has 134 valence electrons. The lowest BCUT2D eigenvalue weighted by Crippen LogP contribution is -2.42. The van der Waals surface area contributed by atoms with Gasteiger partial charge < -0.3 is 19.9 Å². The number of nitrogens with zero attached hydrogens (tertiary/aromatic N) is 2. The molecule has 2 N–H and O–H groups in total. The van der Waals surface area contributed by atoms with Crippen LogP contribution in [0, 0.1) is 5.92 Å². The Labute approximate surface area is 146 Å². The molecule has 0 radical (unpaired) electrons. The number of carbonyl (C=O) groups excluding carboxylic acids is 1. The Kier molecular flexibility index (Phi) is 4.41. The number of nitrogens with one attached hydrogen (secondary N) is 2. The van der Waals surface area contributed by atoms with Gasteiger partial charge in [-0.3, -0.25) is 4.79 Å². The van der Waals surface area contributed by atoms with Crippen molar-refractivity contribution < 1.29 is 9.53 Å². The van der Waals surface area contributed by atoms with E-state index in [1.54, 1.807) is 12.3 Å². The Balaban J connectivity index is 1.71. The van der Waals surface area contributed by atoms with Crippen LogP contribution in [0.15, 0.2) is 29.2 Å². The number of anilines is 1. The molecule has 2 aromatic heterocycles. The third kappa shape index (κ3) is 4.10. The van der Waals surface area contributed by atoms with Gasteiger partial charge in [-0.05, 0) is 38.8 Å². The standard InChI is InChI=1S/C18H24N4O3/c1-11-9-22(10-14(11)20-17(24)25-18(2,3)4)13-7-12-5-6-15(23)21-16(12)19-8-13/h5-8,11,14H,9-10H2,1-4H3,(H,20,24)(H,19,21,23)/t11-,14-/m0/s1. The number of hydrogen-bond donors (Lipinski definition) is 2. The summed E-state index contributed by atoms with van der Waals surface area (Å²) in [6, 6.07) is 5.27. The van der Waals surface area contributed by atoms with E-state index in [2.05, 4.69) is 27.1 Å². The second kappa shape index (κ2) is 6.38. The van der Waals surface area contributed by atoms with E-state index >= 15 is 0 Å². The average Bonchev–Trinajstić information content (AvgIpc) is 2.85. The molecule has 3 heterocycles. The topological polar surface area (TPSA) is 87.3 Å². The number of pyridine rings is 2. The zero-order valence-corrected chi connectivity index (χ0v) is 15.0. The minimum Gasteiger partial charge on any atom is -0.444 e. The van der Waals surface area contributed by atoms with Crippen LogP contribution in [-0.2, 0) is 4.74 Å². The highest BCUT2D eigenvalue weighted by Crippen LogP contribution is 2.25. The Morgan fingerprint density at radius 1 is 1.36 bits per heavy atom. The number of hydrogen-bond acceptors (Lipinski definition) is 5. The van der Waals surface area contributed by atoms with Crippen LogP contribution in [0.3, 0.4) is 0 Å². The molecule has 0 aliphatic carbocycles. The number of amides is 1. The van der Waals surface area contributed by atoms with Crippen molar-refractivity contribution in [1.29, 1.82) is 0 Å². The van der Waals surface area contributed by atoms with Gasteiger partial charge in [-0.25, -0.2) is 9.78 Å². The molecule has 2 atom stereocenters. The van der Waals surface area contributed by atoms with Crippen LogP contribution in [0.2, 0.25) is 0 Å². The maximum absolute atomic E-state index is 12.0. The summed E-state index contributed by atoms with van der Waals surface area (Å²) in [6.07, 6.45) is 1.36. The van der Waals surface area contributed by atoms with Crippen molar-refractivity contribution in [1.82, 2.24) is 15.3 Å². The summed E-state index contributed by atoms with van der Waals surface area (Å²) in [5.74, 6) is 0.291. The summed E-state index contributed by atoms with van der Waals surface area (Å²) >= 11 is 0. The van der Waals surface area contributed by atoms with Crippen LogP contribution in [0.1, 0.15) is 27.7 Å². The van der Waals surface area contributed by atoms with Crippen molar-refractivity contribution in [2.24, 2.45) is 5.92 Å². The van der Waals surface area contributed by atoms with Gasteiger partial charge in [-0.2, -0.15) is 0 Å². The highest BCUT2D eigenvalue weighted by Gasteiger charge is 2.32. The normalized spacial score (nSPS) is 20.7. The van der Waals surface area contributed by atoms with Crippen molar-refractivity contribution in [3.63, 3.8) is 0 Å². The zero-order chi connectivity index (χ0) is 18.2. The molecule has 1 aliphatic heterocycles. The molecular weight excluding hydrogens is 320 g/mol. The highest BCUT2D eigenvalue weighted by atomic mass is 16.6. The summed E-state index contributed by atoms with van der Waals surface area (Å²) in [7, 11) is 0. The van der Waals surface area contributed by atoms with Crippen molar-refractivity contribution in [3.05, 3.63) is 34.7 Å². The van der Waals surface area contributed by atoms with Crippen molar-refractivity contribution in [3.8, 4) is 0 Å². The van der Waals surface area contributed by atoms with Gasteiger partial charge in [0.2, 0.25) is 5.56 Å². The van der Waals surface area contributed by atoms with Crippen LogP contribution in [0.4, 0.5) is 10.5 Å². The zero-order valence-electron chi connectivity index (χ0n) is 15.0.